The van der Waals surface area contributed by atoms with Gasteiger partial charge in [-0.3, -0.25) is 9.59 Å². The lowest BCUT2D eigenvalue weighted by Crippen LogP contribution is -2.29. The minimum absolute atomic E-state index is 0.0545. The van der Waals surface area contributed by atoms with Gasteiger partial charge in [0.25, 0.3) is 0 Å². The molecule has 1 aromatic carbocycles. The van der Waals surface area contributed by atoms with Crippen LogP contribution in [-0.2, 0) is 16.0 Å². The second-order valence-corrected chi connectivity index (χ2v) is 3.87. The molecule has 0 spiro atoms. The van der Waals surface area contributed by atoms with E-state index < -0.39 is 11.8 Å². The van der Waals surface area contributed by atoms with E-state index in [4.69, 9.17) is 10.8 Å². The summed E-state index contributed by atoms with van der Waals surface area (Å²) in [6.07, 6.45) is 2.12. The first-order valence-electron chi connectivity index (χ1n) is 5.43. The number of aliphatic hydroxyl groups is 1. The molecule has 0 fully saturated rings. The van der Waals surface area contributed by atoms with Gasteiger partial charge in [0, 0.05) is 23.7 Å². The van der Waals surface area contributed by atoms with Crippen molar-refractivity contribution in [3.05, 3.63) is 30.0 Å². The molecule has 0 bridgehead atoms. The smallest absolute Gasteiger partial charge is 0.313 e. The summed E-state index contributed by atoms with van der Waals surface area (Å²) in [6.45, 7) is 0.0545. The van der Waals surface area contributed by atoms with Gasteiger partial charge < -0.3 is 21.1 Å². The normalized spacial score (nSPS) is 10.5. The highest BCUT2D eigenvalue weighted by Crippen LogP contribution is 2.24. The van der Waals surface area contributed by atoms with Crippen molar-refractivity contribution in [2.24, 2.45) is 5.73 Å². The number of aliphatic hydroxyl groups excluding tert-OH is 1. The van der Waals surface area contributed by atoms with Crippen molar-refractivity contribution in [1.29, 1.82) is 0 Å². The molecule has 6 heteroatoms. The molecule has 0 saturated heterocycles. The van der Waals surface area contributed by atoms with Gasteiger partial charge in [-0.25, -0.2) is 0 Å². The van der Waals surface area contributed by atoms with E-state index in [9.17, 15) is 9.59 Å². The maximum absolute atomic E-state index is 11.2. The van der Waals surface area contributed by atoms with Crippen LogP contribution in [0.5, 0.6) is 0 Å². The molecule has 0 radical (unpaired) electrons. The zero-order chi connectivity index (χ0) is 13.1. The van der Waals surface area contributed by atoms with Crippen LogP contribution in [0.2, 0.25) is 0 Å². The van der Waals surface area contributed by atoms with Crippen LogP contribution >= 0.6 is 0 Å². The van der Waals surface area contributed by atoms with Gasteiger partial charge in [0.15, 0.2) is 0 Å². The monoisotopic (exact) mass is 247 g/mol. The first kappa shape index (κ1) is 12.1. The quantitative estimate of drug-likeness (QED) is 0.579. The first-order chi connectivity index (χ1) is 8.61. The van der Waals surface area contributed by atoms with E-state index in [1.165, 1.54) is 0 Å². The maximum Gasteiger partial charge on any atom is 0.313 e. The van der Waals surface area contributed by atoms with Gasteiger partial charge in [0.05, 0.1) is 5.69 Å². The average Bonchev–Trinajstić information content (AvgIpc) is 2.72. The number of hydrogen-bond donors (Lipinski definition) is 4. The van der Waals surface area contributed by atoms with Gasteiger partial charge in [-0.15, -0.1) is 0 Å². The number of carbonyl (C=O) groups is 2. The summed E-state index contributed by atoms with van der Waals surface area (Å²) in [5, 5.41) is 12.1. The molecule has 0 aliphatic heterocycles. The van der Waals surface area contributed by atoms with Crippen LogP contribution in [0, 0.1) is 0 Å². The molecular formula is C12H13N3O3. The molecule has 0 saturated carbocycles. The van der Waals surface area contributed by atoms with Crippen molar-refractivity contribution >= 4 is 28.4 Å². The van der Waals surface area contributed by atoms with Crippen LogP contribution in [0.4, 0.5) is 5.69 Å². The third-order valence-corrected chi connectivity index (χ3v) is 2.62. The highest BCUT2D eigenvalue weighted by molar-refractivity contribution is 6.39. The number of rotatable bonds is 3. The number of hydrogen-bond acceptors (Lipinski definition) is 3. The molecule has 6 nitrogen and oxygen atoms in total. The van der Waals surface area contributed by atoms with E-state index in [1.807, 2.05) is 18.2 Å². The molecule has 2 amide bonds. The van der Waals surface area contributed by atoms with Gasteiger partial charge in [0.2, 0.25) is 0 Å². The van der Waals surface area contributed by atoms with Gasteiger partial charge in [-0.05, 0) is 24.1 Å². The summed E-state index contributed by atoms with van der Waals surface area (Å²) in [5.74, 6) is -1.89. The molecule has 5 N–H and O–H groups in total. The maximum atomic E-state index is 11.2. The topological polar surface area (TPSA) is 108 Å². The first-order valence-corrected chi connectivity index (χ1v) is 5.43. The van der Waals surface area contributed by atoms with Crippen molar-refractivity contribution in [2.75, 3.05) is 11.9 Å². The van der Waals surface area contributed by atoms with Crippen molar-refractivity contribution < 1.29 is 14.7 Å². The summed E-state index contributed by atoms with van der Waals surface area (Å²) in [4.78, 5) is 24.9. The third-order valence-electron chi connectivity index (χ3n) is 2.62. The second kappa shape index (κ2) is 4.89. The molecule has 94 valence electrons. The summed E-state index contributed by atoms with van der Waals surface area (Å²) in [7, 11) is 0. The van der Waals surface area contributed by atoms with E-state index >= 15 is 0 Å². The molecule has 2 aromatic rings. The summed E-state index contributed by atoms with van der Waals surface area (Å²) >= 11 is 0. The largest absolute Gasteiger partial charge is 0.396 e. The number of aromatic nitrogens is 1. The Bertz CT molecular complexity index is 604. The Kier molecular flexibility index (Phi) is 3.29. The molecule has 1 heterocycles. The molecule has 1 aromatic heterocycles. The fraction of sp³-hybridized carbons (Fsp3) is 0.167. The summed E-state index contributed by atoms with van der Waals surface area (Å²) in [6, 6.07) is 5.58. The fourth-order valence-electron chi connectivity index (χ4n) is 1.74. The minimum Gasteiger partial charge on any atom is -0.396 e. The lowest BCUT2D eigenvalue weighted by Gasteiger charge is -2.02. The number of nitrogens with two attached hydrogens (primary N) is 1. The van der Waals surface area contributed by atoms with Crippen LogP contribution < -0.4 is 11.1 Å². The Labute approximate surface area is 103 Å². The summed E-state index contributed by atoms with van der Waals surface area (Å²) in [5.41, 5.74) is 7.15. The molecule has 18 heavy (non-hydrogen) atoms. The van der Waals surface area contributed by atoms with E-state index in [0.29, 0.717) is 12.1 Å². The van der Waals surface area contributed by atoms with E-state index in [1.54, 1.807) is 6.20 Å². The molecular weight excluding hydrogens is 234 g/mol. The van der Waals surface area contributed by atoms with Crippen LogP contribution in [0.1, 0.15) is 5.56 Å². The van der Waals surface area contributed by atoms with Crippen molar-refractivity contribution in [3.63, 3.8) is 0 Å². The van der Waals surface area contributed by atoms with Gasteiger partial charge in [0.1, 0.15) is 0 Å². The minimum atomic E-state index is -1.03. The Morgan fingerprint density at radius 1 is 1.39 bits per heavy atom. The number of aromatic amines is 1. The Morgan fingerprint density at radius 3 is 2.83 bits per heavy atom. The van der Waals surface area contributed by atoms with Gasteiger partial charge >= 0.3 is 11.8 Å². The molecule has 0 aliphatic rings. The van der Waals surface area contributed by atoms with E-state index in [0.717, 1.165) is 16.5 Å². The third kappa shape index (κ3) is 2.33. The molecule has 0 atom stereocenters. The SMILES string of the molecule is NC(=O)C(=O)Nc1c[nH]c2ccc(CCO)cc12. The van der Waals surface area contributed by atoms with Crippen LogP contribution in [0.25, 0.3) is 10.9 Å². The fourth-order valence-corrected chi connectivity index (χ4v) is 1.74. The van der Waals surface area contributed by atoms with Crippen LogP contribution in [0.15, 0.2) is 24.4 Å². The van der Waals surface area contributed by atoms with E-state index in [-0.39, 0.29) is 6.61 Å². The van der Waals surface area contributed by atoms with Gasteiger partial charge in [-0.2, -0.15) is 0 Å². The van der Waals surface area contributed by atoms with Crippen LogP contribution in [0.3, 0.4) is 0 Å². The second-order valence-electron chi connectivity index (χ2n) is 3.87. The Morgan fingerprint density at radius 2 is 2.17 bits per heavy atom. The number of fused-ring (bicyclic) bond motifs is 1. The Balaban J connectivity index is 2.36. The molecule has 0 unspecified atom stereocenters. The number of amides is 2. The number of nitrogens with one attached hydrogen (secondary N) is 2. The highest BCUT2D eigenvalue weighted by Gasteiger charge is 2.12. The van der Waals surface area contributed by atoms with Gasteiger partial charge in [-0.1, -0.05) is 6.07 Å². The predicted molar refractivity (Wildman–Crippen MR) is 66.9 cm³/mol. The number of primary amides is 1. The number of H-pyrrole nitrogens is 1. The van der Waals surface area contributed by atoms with Crippen LogP contribution in [-0.4, -0.2) is 28.5 Å². The Hall–Kier alpha value is -2.34. The number of anilines is 1. The van der Waals surface area contributed by atoms with Crippen molar-refractivity contribution in [2.45, 2.75) is 6.42 Å². The average molecular weight is 247 g/mol. The summed E-state index contributed by atoms with van der Waals surface area (Å²) < 4.78 is 0. The lowest BCUT2D eigenvalue weighted by molar-refractivity contribution is -0.134. The van der Waals surface area contributed by atoms with E-state index in [2.05, 4.69) is 10.3 Å². The zero-order valence-corrected chi connectivity index (χ0v) is 9.56. The number of carbonyl (C=O) groups excluding carboxylic acids is 2. The highest BCUT2D eigenvalue weighted by atomic mass is 16.3. The van der Waals surface area contributed by atoms with Crippen molar-refractivity contribution in [1.82, 2.24) is 4.98 Å². The number of benzene rings is 1. The zero-order valence-electron chi connectivity index (χ0n) is 9.56. The lowest BCUT2D eigenvalue weighted by atomic mass is 10.1. The van der Waals surface area contributed by atoms with Crippen molar-refractivity contribution in [3.8, 4) is 0 Å². The molecule has 0 aliphatic carbocycles. The standard InChI is InChI=1S/C12H13N3O3/c13-11(17)12(18)15-10-6-14-9-2-1-7(3-4-16)5-8(9)10/h1-2,5-6,14,16H,3-4H2,(H2,13,17)(H,15,18). The molecule has 2 rings (SSSR count). The predicted octanol–water partition coefficient (Wildman–Crippen LogP) is 0.126.